The number of carboxylic acids is 1. The Morgan fingerprint density at radius 1 is 1.48 bits per heavy atom. The van der Waals surface area contributed by atoms with Crippen molar-refractivity contribution in [2.24, 2.45) is 0 Å². The molecular formula is C15H25N3O3. The summed E-state index contributed by atoms with van der Waals surface area (Å²) >= 11 is 0. The summed E-state index contributed by atoms with van der Waals surface area (Å²) in [6, 6.07) is 2.47. The van der Waals surface area contributed by atoms with Crippen LogP contribution in [-0.2, 0) is 16.1 Å². The van der Waals surface area contributed by atoms with Crippen LogP contribution in [0.5, 0.6) is 0 Å². The summed E-state index contributed by atoms with van der Waals surface area (Å²) in [5, 5.41) is 13.2. The number of piperidine rings is 1. The van der Waals surface area contributed by atoms with Crippen molar-refractivity contribution in [3.05, 3.63) is 18.0 Å². The Hall–Kier alpha value is -1.40. The van der Waals surface area contributed by atoms with E-state index in [1.54, 1.807) is 0 Å². The Morgan fingerprint density at radius 3 is 2.76 bits per heavy atom. The van der Waals surface area contributed by atoms with Gasteiger partial charge in [-0.3, -0.25) is 14.4 Å². The minimum Gasteiger partial charge on any atom is -0.481 e. The quantitative estimate of drug-likeness (QED) is 0.832. The van der Waals surface area contributed by atoms with Gasteiger partial charge >= 0.3 is 5.97 Å². The Bertz CT molecular complexity index is 451. The van der Waals surface area contributed by atoms with Crippen LogP contribution in [0, 0.1) is 0 Å². The van der Waals surface area contributed by atoms with E-state index >= 15 is 0 Å². The van der Waals surface area contributed by atoms with Crippen LogP contribution in [0.4, 0.5) is 0 Å². The molecule has 2 heterocycles. The number of hydrogen-bond donors (Lipinski definition) is 1. The van der Waals surface area contributed by atoms with Gasteiger partial charge in [0.1, 0.15) is 0 Å². The summed E-state index contributed by atoms with van der Waals surface area (Å²) in [7, 11) is 0. The van der Waals surface area contributed by atoms with Crippen molar-refractivity contribution < 1.29 is 14.6 Å². The average molecular weight is 295 g/mol. The lowest BCUT2D eigenvalue weighted by Crippen LogP contribution is -2.37. The van der Waals surface area contributed by atoms with Crippen LogP contribution in [0.1, 0.15) is 44.8 Å². The molecule has 0 radical (unpaired) electrons. The number of nitrogens with zero attached hydrogens (tertiary/aromatic N) is 3. The maximum Gasteiger partial charge on any atom is 0.305 e. The molecule has 0 bridgehead atoms. The fourth-order valence-corrected chi connectivity index (χ4v) is 2.53. The molecule has 0 spiro atoms. The highest BCUT2D eigenvalue weighted by Crippen LogP contribution is 2.16. The molecule has 0 saturated carbocycles. The van der Waals surface area contributed by atoms with Crippen LogP contribution < -0.4 is 0 Å². The van der Waals surface area contributed by atoms with Crippen molar-refractivity contribution in [1.82, 2.24) is 14.7 Å². The zero-order valence-electron chi connectivity index (χ0n) is 12.9. The van der Waals surface area contributed by atoms with E-state index in [0.29, 0.717) is 12.6 Å². The molecule has 0 aromatic carbocycles. The van der Waals surface area contributed by atoms with Crippen LogP contribution >= 0.6 is 0 Å². The van der Waals surface area contributed by atoms with E-state index in [4.69, 9.17) is 9.84 Å². The van der Waals surface area contributed by atoms with Gasteiger partial charge in [0.05, 0.1) is 24.8 Å². The lowest BCUT2D eigenvalue weighted by molar-refractivity contribution is -0.138. The Labute approximate surface area is 125 Å². The van der Waals surface area contributed by atoms with Crippen molar-refractivity contribution in [2.75, 3.05) is 19.7 Å². The van der Waals surface area contributed by atoms with Gasteiger partial charge in [-0.2, -0.15) is 5.10 Å². The van der Waals surface area contributed by atoms with Gasteiger partial charge in [0.15, 0.2) is 0 Å². The molecule has 1 aliphatic rings. The van der Waals surface area contributed by atoms with Crippen molar-refractivity contribution in [3.8, 4) is 0 Å². The first-order valence-corrected chi connectivity index (χ1v) is 7.64. The zero-order chi connectivity index (χ0) is 15.2. The third kappa shape index (κ3) is 5.13. The predicted octanol–water partition coefficient (Wildman–Crippen LogP) is 1.92. The van der Waals surface area contributed by atoms with Gasteiger partial charge in [-0.15, -0.1) is 0 Å². The summed E-state index contributed by atoms with van der Waals surface area (Å²) in [4.78, 5) is 12.8. The van der Waals surface area contributed by atoms with Gasteiger partial charge in [-0.25, -0.2) is 0 Å². The lowest BCUT2D eigenvalue weighted by atomic mass is 10.1. The van der Waals surface area contributed by atoms with Gasteiger partial charge in [0.2, 0.25) is 0 Å². The molecule has 6 nitrogen and oxygen atoms in total. The third-order valence-electron chi connectivity index (χ3n) is 3.78. The molecule has 1 N–H and O–H groups in total. The number of aromatic nitrogens is 2. The lowest BCUT2D eigenvalue weighted by Gasteiger charge is -2.31. The number of carbonyl (C=O) groups is 1. The van der Waals surface area contributed by atoms with Crippen LogP contribution in [-0.4, -0.2) is 51.6 Å². The van der Waals surface area contributed by atoms with E-state index in [-0.39, 0.29) is 12.5 Å². The van der Waals surface area contributed by atoms with Crippen LogP contribution in [0.2, 0.25) is 0 Å². The minimum absolute atomic E-state index is 0.0901. The molecule has 0 amide bonds. The fraction of sp³-hybridized carbons (Fsp3) is 0.733. The second kappa shape index (κ2) is 7.56. The molecule has 2 rings (SSSR count). The van der Waals surface area contributed by atoms with Gasteiger partial charge in [0, 0.05) is 31.9 Å². The molecule has 1 aromatic heterocycles. The second-order valence-electron chi connectivity index (χ2n) is 5.87. The number of ether oxygens (including phenoxy) is 1. The smallest absolute Gasteiger partial charge is 0.305 e. The molecule has 0 atom stereocenters. The van der Waals surface area contributed by atoms with Crippen molar-refractivity contribution in [3.63, 3.8) is 0 Å². The maximum absolute atomic E-state index is 10.4. The van der Waals surface area contributed by atoms with E-state index in [1.807, 2.05) is 10.9 Å². The van der Waals surface area contributed by atoms with Crippen molar-refractivity contribution in [2.45, 2.75) is 51.8 Å². The van der Waals surface area contributed by atoms with E-state index in [9.17, 15) is 4.79 Å². The number of aliphatic carboxylic acids is 1. The predicted molar refractivity (Wildman–Crippen MR) is 79.1 cm³/mol. The van der Waals surface area contributed by atoms with Crippen LogP contribution in [0.25, 0.3) is 0 Å². The summed E-state index contributed by atoms with van der Waals surface area (Å²) < 4.78 is 7.58. The van der Waals surface area contributed by atoms with E-state index in [2.05, 4.69) is 29.9 Å². The van der Waals surface area contributed by atoms with Gasteiger partial charge < -0.3 is 9.84 Å². The van der Waals surface area contributed by atoms with Gasteiger partial charge in [-0.1, -0.05) is 0 Å². The SMILES string of the molecule is CC(C)n1ccc(CN2CCC(OCCC(=O)O)CC2)n1. The number of rotatable bonds is 7. The Kier molecular flexibility index (Phi) is 5.76. The summed E-state index contributed by atoms with van der Waals surface area (Å²) in [5.41, 5.74) is 1.11. The molecule has 1 aliphatic heterocycles. The van der Waals surface area contributed by atoms with Gasteiger partial charge in [0.25, 0.3) is 0 Å². The highest BCUT2D eigenvalue weighted by atomic mass is 16.5. The largest absolute Gasteiger partial charge is 0.481 e. The highest BCUT2D eigenvalue weighted by Gasteiger charge is 2.20. The van der Waals surface area contributed by atoms with Crippen molar-refractivity contribution in [1.29, 1.82) is 0 Å². The zero-order valence-corrected chi connectivity index (χ0v) is 12.9. The first kappa shape index (κ1) is 16.0. The summed E-state index contributed by atoms with van der Waals surface area (Å²) in [6.45, 7) is 7.40. The first-order chi connectivity index (χ1) is 10.0. The number of carboxylic acid groups (broad SMARTS) is 1. The fourth-order valence-electron chi connectivity index (χ4n) is 2.53. The first-order valence-electron chi connectivity index (χ1n) is 7.64. The second-order valence-corrected chi connectivity index (χ2v) is 5.87. The highest BCUT2D eigenvalue weighted by molar-refractivity contribution is 5.66. The molecule has 1 saturated heterocycles. The van der Waals surface area contributed by atoms with E-state index < -0.39 is 5.97 Å². The minimum atomic E-state index is -0.798. The third-order valence-corrected chi connectivity index (χ3v) is 3.78. The molecule has 0 unspecified atom stereocenters. The van der Waals surface area contributed by atoms with E-state index in [1.165, 1.54) is 0 Å². The van der Waals surface area contributed by atoms with E-state index in [0.717, 1.165) is 38.2 Å². The molecule has 6 heteroatoms. The molecule has 21 heavy (non-hydrogen) atoms. The molecule has 1 aromatic rings. The standard InChI is InChI=1S/C15H25N3O3/c1-12(2)18-9-3-13(16-18)11-17-7-4-14(5-8-17)21-10-6-15(19)20/h3,9,12,14H,4-8,10-11H2,1-2H3,(H,19,20). The normalized spacial score (nSPS) is 17.5. The Balaban J connectivity index is 1.69. The van der Waals surface area contributed by atoms with Crippen molar-refractivity contribution >= 4 is 5.97 Å². The topological polar surface area (TPSA) is 67.6 Å². The average Bonchev–Trinajstić information content (AvgIpc) is 2.89. The molecule has 1 fully saturated rings. The molecular weight excluding hydrogens is 270 g/mol. The maximum atomic E-state index is 10.4. The van der Waals surface area contributed by atoms with Crippen LogP contribution in [0.3, 0.4) is 0 Å². The summed E-state index contributed by atoms with van der Waals surface area (Å²) in [5.74, 6) is -0.798. The monoisotopic (exact) mass is 295 g/mol. The molecule has 0 aliphatic carbocycles. The number of likely N-dealkylation sites (tertiary alicyclic amines) is 1. The Morgan fingerprint density at radius 2 is 2.19 bits per heavy atom. The number of hydrogen-bond acceptors (Lipinski definition) is 4. The molecule has 118 valence electrons. The van der Waals surface area contributed by atoms with Gasteiger partial charge in [-0.05, 0) is 32.8 Å². The van der Waals surface area contributed by atoms with Crippen LogP contribution in [0.15, 0.2) is 12.3 Å². The summed E-state index contributed by atoms with van der Waals surface area (Å²) in [6.07, 6.45) is 4.25.